The summed E-state index contributed by atoms with van der Waals surface area (Å²) in [6.07, 6.45) is 5.27. The molecule has 1 saturated heterocycles. The van der Waals surface area contributed by atoms with Crippen molar-refractivity contribution in [3.05, 3.63) is 82.0 Å². The van der Waals surface area contributed by atoms with Crippen molar-refractivity contribution in [2.75, 3.05) is 58.1 Å². The number of nitrogens with one attached hydrogen (secondary N) is 2. The predicted octanol–water partition coefficient (Wildman–Crippen LogP) is 6.56. The maximum absolute atomic E-state index is 14.7. The first kappa shape index (κ1) is 35.9. The lowest BCUT2D eigenvalue weighted by Gasteiger charge is -2.32. The molecule has 2 aliphatic rings. The van der Waals surface area contributed by atoms with Gasteiger partial charge in [-0.3, -0.25) is 4.79 Å². The Morgan fingerprint density at radius 1 is 1.11 bits per heavy atom. The molecule has 0 bridgehead atoms. The fourth-order valence-corrected chi connectivity index (χ4v) is 6.13. The summed E-state index contributed by atoms with van der Waals surface area (Å²) < 4.78 is 38.0. The first-order valence-electron chi connectivity index (χ1n) is 15.5. The second-order valence-corrected chi connectivity index (χ2v) is 11.9. The normalized spacial score (nSPS) is 16.0. The Kier molecular flexibility index (Phi) is 13.2. The number of aromatic nitrogens is 2. The zero-order chi connectivity index (χ0) is 33.9. The topological polar surface area (TPSA) is 109 Å². The summed E-state index contributed by atoms with van der Waals surface area (Å²) in [5.41, 5.74) is 4.88. The number of aryl methyl sites for hydroxylation is 1. The van der Waals surface area contributed by atoms with Crippen LogP contribution in [0.25, 0.3) is 22.0 Å². The number of carbonyl (C=O) groups excluding carboxylic acids is 1. The number of aliphatic hydroxyl groups is 1. The van der Waals surface area contributed by atoms with E-state index < -0.39 is 11.6 Å². The SMILES string of the molecule is CNc1ccc(F)c(-c2ccc3nc(NC4CCN(CCOC)CC4)ncc3c2)c1F.COC=O.Cc1cc(Cl)cc2c1CCC2O. The number of piperidine rings is 1. The van der Waals surface area contributed by atoms with Crippen LogP contribution >= 0.6 is 11.6 Å². The van der Waals surface area contributed by atoms with Gasteiger partial charge in [-0.05, 0) is 91.3 Å². The minimum Gasteiger partial charge on any atom is -0.471 e. The van der Waals surface area contributed by atoms with Gasteiger partial charge >= 0.3 is 0 Å². The van der Waals surface area contributed by atoms with Crippen LogP contribution in [0.1, 0.15) is 42.1 Å². The van der Waals surface area contributed by atoms with Crippen LogP contribution in [0.15, 0.2) is 48.7 Å². The fraction of sp³-hybridized carbons (Fsp3) is 0.400. The number of likely N-dealkylation sites (tertiary alicyclic amines) is 1. The minimum absolute atomic E-state index is 0.0591. The summed E-state index contributed by atoms with van der Waals surface area (Å²) in [5, 5.41) is 17.2. The molecule has 1 aliphatic carbocycles. The van der Waals surface area contributed by atoms with Gasteiger partial charge in [0.05, 0.1) is 36.6 Å². The van der Waals surface area contributed by atoms with Crippen molar-refractivity contribution in [2.45, 2.75) is 44.8 Å². The van der Waals surface area contributed by atoms with Gasteiger partial charge in [0.2, 0.25) is 5.95 Å². The molecule has 47 heavy (non-hydrogen) atoms. The lowest BCUT2D eigenvalue weighted by atomic mass is 10.0. The van der Waals surface area contributed by atoms with Gasteiger partial charge in [0.15, 0.2) is 5.82 Å². The third kappa shape index (κ3) is 9.35. The molecule has 1 aromatic heterocycles. The molecule has 1 atom stereocenters. The van der Waals surface area contributed by atoms with Gasteiger partial charge in [0.1, 0.15) is 5.82 Å². The number of rotatable bonds is 8. The molecular formula is C35H42ClF2N5O4. The van der Waals surface area contributed by atoms with Gasteiger partial charge in [0.25, 0.3) is 6.47 Å². The van der Waals surface area contributed by atoms with Crippen LogP contribution in [0.4, 0.5) is 20.4 Å². The van der Waals surface area contributed by atoms with E-state index in [1.165, 1.54) is 30.4 Å². The Labute approximate surface area is 279 Å². The number of carbonyl (C=O) groups is 1. The van der Waals surface area contributed by atoms with E-state index in [9.17, 15) is 13.9 Å². The van der Waals surface area contributed by atoms with Crippen molar-refractivity contribution < 1.29 is 28.2 Å². The minimum atomic E-state index is -0.613. The lowest BCUT2D eigenvalue weighted by molar-refractivity contribution is -0.126. The maximum Gasteiger partial charge on any atom is 0.292 e. The molecular weight excluding hydrogens is 628 g/mol. The highest BCUT2D eigenvalue weighted by Crippen LogP contribution is 2.35. The summed E-state index contributed by atoms with van der Waals surface area (Å²) in [4.78, 5) is 20.4. The average Bonchev–Trinajstić information content (AvgIpc) is 3.45. The molecule has 1 fully saturated rings. The zero-order valence-electron chi connectivity index (χ0n) is 27.2. The molecule has 0 radical (unpaired) electrons. The van der Waals surface area contributed by atoms with Crippen molar-refractivity contribution in [3.63, 3.8) is 0 Å². The fourth-order valence-electron chi connectivity index (χ4n) is 5.85. The molecule has 12 heteroatoms. The molecule has 0 spiro atoms. The molecule has 0 amide bonds. The van der Waals surface area contributed by atoms with Crippen molar-refractivity contribution in [2.24, 2.45) is 0 Å². The van der Waals surface area contributed by atoms with Gasteiger partial charge in [-0.2, -0.15) is 0 Å². The highest BCUT2D eigenvalue weighted by molar-refractivity contribution is 6.30. The van der Waals surface area contributed by atoms with Crippen LogP contribution in [0.3, 0.4) is 0 Å². The van der Waals surface area contributed by atoms with E-state index in [0.29, 0.717) is 24.0 Å². The molecule has 2 heterocycles. The van der Waals surface area contributed by atoms with Crippen molar-refractivity contribution in [1.82, 2.24) is 14.9 Å². The number of hydrogen-bond acceptors (Lipinski definition) is 9. The molecule has 1 unspecified atom stereocenters. The Morgan fingerprint density at radius 2 is 1.85 bits per heavy atom. The summed E-state index contributed by atoms with van der Waals surface area (Å²) in [6.45, 7) is 6.15. The van der Waals surface area contributed by atoms with Crippen molar-refractivity contribution in [1.29, 1.82) is 0 Å². The number of anilines is 2. The quantitative estimate of drug-likeness (QED) is 0.180. The highest BCUT2D eigenvalue weighted by Gasteiger charge is 2.22. The third-order valence-corrected chi connectivity index (χ3v) is 8.57. The van der Waals surface area contributed by atoms with Crippen LogP contribution in [0.2, 0.25) is 5.02 Å². The van der Waals surface area contributed by atoms with E-state index in [2.05, 4.69) is 30.2 Å². The van der Waals surface area contributed by atoms with E-state index in [1.807, 2.05) is 19.1 Å². The van der Waals surface area contributed by atoms with E-state index in [-0.39, 0.29) is 17.4 Å². The van der Waals surface area contributed by atoms with E-state index >= 15 is 0 Å². The number of halogens is 3. The molecule has 252 valence electrons. The second-order valence-electron chi connectivity index (χ2n) is 11.4. The largest absolute Gasteiger partial charge is 0.471 e. The van der Waals surface area contributed by atoms with Gasteiger partial charge in [-0.25, -0.2) is 18.7 Å². The maximum atomic E-state index is 14.7. The highest BCUT2D eigenvalue weighted by atomic mass is 35.5. The number of methoxy groups -OCH3 is 2. The summed E-state index contributed by atoms with van der Waals surface area (Å²) in [6, 6.07) is 12.0. The Morgan fingerprint density at radius 3 is 2.53 bits per heavy atom. The van der Waals surface area contributed by atoms with E-state index in [4.69, 9.17) is 21.1 Å². The first-order valence-corrected chi connectivity index (χ1v) is 15.9. The lowest BCUT2D eigenvalue weighted by Crippen LogP contribution is -2.40. The molecule has 3 aromatic carbocycles. The van der Waals surface area contributed by atoms with Gasteiger partial charge in [-0.1, -0.05) is 17.7 Å². The van der Waals surface area contributed by atoms with Crippen LogP contribution in [0.5, 0.6) is 0 Å². The van der Waals surface area contributed by atoms with Gasteiger partial charge < -0.3 is 30.1 Å². The predicted molar refractivity (Wildman–Crippen MR) is 182 cm³/mol. The van der Waals surface area contributed by atoms with E-state index in [1.54, 1.807) is 38.6 Å². The van der Waals surface area contributed by atoms with Crippen LogP contribution in [-0.2, 0) is 20.7 Å². The van der Waals surface area contributed by atoms with Crippen LogP contribution in [-0.4, -0.2) is 80.0 Å². The molecule has 0 saturated carbocycles. The monoisotopic (exact) mass is 669 g/mol. The standard InChI is InChI=1S/C23H27F2N5O.C10H11ClO.C2H4O2/c1-26-20-6-4-18(24)21(22(20)25)15-3-5-19-16(13-15)14-27-23(29-19)28-17-7-9-30(10-8-17)11-12-31-2;1-6-4-7(11)5-9-8(6)2-3-10(9)12;1-4-2-3/h3-6,13-14,17,26H,7-12H2,1-2H3,(H,27,28,29);4-5,10,12H,2-3H2,1H3;2H,1H3. The van der Waals surface area contributed by atoms with Gasteiger partial charge in [0, 0.05) is 56.4 Å². The molecule has 3 N–H and O–H groups in total. The molecule has 6 rings (SSSR count). The smallest absolute Gasteiger partial charge is 0.292 e. The van der Waals surface area contributed by atoms with Gasteiger partial charge in [-0.15, -0.1) is 0 Å². The number of ether oxygens (including phenoxy) is 2. The van der Waals surface area contributed by atoms with E-state index in [0.717, 1.165) is 73.4 Å². The number of fused-ring (bicyclic) bond motifs is 2. The first-order chi connectivity index (χ1) is 22.7. The summed E-state index contributed by atoms with van der Waals surface area (Å²) >= 11 is 5.88. The molecule has 4 aromatic rings. The Balaban J connectivity index is 0.000000257. The van der Waals surface area contributed by atoms with Crippen molar-refractivity contribution >= 4 is 40.6 Å². The Hall–Kier alpha value is -3.90. The molecule has 9 nitrogen and oxygen atoms in total. The number of nitrogens with zero attached hydrogens (tertiary/aromatic N) is 3. The molecule has 1 aliphatic heterocycles. The number of aliphatic hydroxyl groups excluding tert-OH is 1. The van der Waals surface area contributed by atoms with Crippen molar-refractivity contribution in [3.8, 4) is 11.1 Å². The van der Waals surface area contributed by atoms with Crippen LogP contribution < -0.4 is 10.6 Å². The summed E-state index contributed by atoms with van der Waals surface area (Å²) in [5.74, 6) is -0.644. The zero-order valence-corrected chi connectivity index (χ0v) is 27.9. The number of benzene rings is 3. The average molecular weight is 670 g/mol. The Bertz CT molecular complexity index is 1650. The van der Waals surface area contributed by atoms with Crippen LogP contribution in [0, 0.1) is 18.6 Å². The summed E-state index contributed by atoms with van der Waals surface area (Å²) in [7, 11) is 4.64. The second kappa shape index (κ2) is 17.3. The number of hydrogen-bond donors (Lipinski definition) is 3. The third-order valence-electron chi connectivity index (χ3n) is 8.36.